The van der Waals surface area contributed by atoms with Crippen LogP contribution in [0.15, 0.2) is 48.5 Å². The van der Waals surface area contributed by atoms with Gasteiger partial charge in [0.25, 0.3) is 5.91 Å². The predicted molar refractivity (Wildman–Crippen MR) is 104 cm³/mol. The molecule has 6 heteroatoms. The number of hydrogen-bond donors (Lipinski definition) is 3. The number of amides is 3. The van der Waals surface area contributed by atoms with Crippen LogP contribution in [-0.2, 0) is 13.1 Å². The van der Waals surface area contributed by atoms with Crippen LogP contribution in [0.1, 0.15) is 35.3 Å². The summed E-state index contributed by atoms with van der Waals surface area (Å²) in [6, 6.07) is 14.2. The zero-order valence-corrected chi connectivity index (χ0v) is 15.3. The van der Waals surface area contributed by atoms with E-state index in [1.807, 2.05) is 12.1 Å². The first-order chi connectivity index (χ1) is 12.5. The quantitative estimate of drug-likeness (QED) is 0.681. The summed E-state index contributed by atoms with van der Waals surface area (Å²) in [4.78, 5) is 25.5. The Kier molecular flexibility index (Phi) is 7.17. The van der Waals surface area contributed by atoms with E-state index in [-0.39, 0.29) is 5.91 Å². The Hall–Kier alpha value is -2.86. The Morgan fingerprint density at radius 2 is 1.65 bits per heavy atom. The molecule has 0 spiro atoms. The summed E-state index contributed by atoms with van der Waals surface area (Å²) in [5.41, 5.74) is 8.34. The predicted octanol–water partition coefficient (Wildman–Crippen LogP) is 2.95. The lowest BCUT2D eigenvalue weighted by atomic mass is 10.1. The summed E-state index contributed by atoms with van der Waals surface area (Å²) in [6.07, 6.45) is 0. The van der Waals surface area contributed by atoms with Gasteiger partial charge in [-0.2, -0.15) is 0 Å². The molecule has 26 heavy (non-hydrogen) atoms. The summed E-state index contributed by atoms with van der Waals surface area (Å²) in [5.74, 6) is -0.203. The van der Waals surface area contributed by atoms with E-state index in [0.29, 0.717) is 17.8 Å². The van der Waals surface area contributed by atoms with Gasteiger partial charge in [-0.15, -0.1) is 0 Å². The highest BCUT2D eigenvalue weighted by molar-refractivity contribution is 5.96. The summed E-state index contributed by atoms with van der Waals surface area (Å²) < 4.78 is 0. The lowest BCUT2D eigenvalue weighted by Gasteiger charge is -2.18. The van der Waals surface area contributed by atoms with E-state index >= 15 is 0 Å². The molecule has 138 valence electrons. The fourth-order valence-corrected chi connectivity index (χ4v) is 2.63. The lowest BCUT2D eigenvalue weighted by molar-refractivity contribution is 0.0951. The first-order valence-electron chi connectivity index (χ1n) is 8.76. The molecule has 2 aromatic rings. The number of primary amides is 1. The van der Waals surface area contributed by atoms with Gasteiger partial charge in [0.15, 0.2) is 0 Å². The van der Waals surface area contributed by atoms with Gasteiger partial charge in [-0.3, -0.25) is 9.69 Å². The minimum atomic E-state index is -0.660. The zero-order valence-electron chi connectivity index (χ0n) is 15.3. The van der Waals surface area contributed by atoms with Crippen LogP contribution in [0.5, 0.6) is 0 Å². The Bertz CT molecular complexity index is 740. The molecule has 2 aromatic carbocycles. The van der Waals surface area contributed by atoms with Gasteiger partial charge < -0.3 is 16.4 Å². The number of carbonyl (C=O) groups excluding carboxylic acids is 2. The van der Waals surface area contributed by atoms with Gasteiger partial charge in [-0.1, -0.05) is 44.2 Å². The van der Waals surface area contributed by atoms with E-state index < -0.39 is 6.03 Å². The average Bonchev–Trinajstić information content (AvgIpc) is 2.64. The van der Waals surface area contributed by atoms with E-state index in [0.717, 1.165) is 25.2 Å². The van der Waals surface area contributed by atoms with Gasteiger partial charge in [-0.05, 0) is 42.4 Å². The monoisotopic (exact) mass is 354 g/mol. The van der Waals surface area contributed by atoms with E-state index in [1.54, 1.807) is 24.3 Å². The van der Waals surface area contributed by atoms with Crippen molar-refractivity contribution in [3.8, 4) is 0 Å². The molecule has 0 saturated heterocycles. The van der Waals surface area contributed by atoms with Crippen LogP contribution in [0.2, 0.25) is 0 Å². The van der Waals surface area contributed by atoms with Gasteiger partial charge in [0.2, 0.25) is 0 Å². The van der Waals surface area contributed by atoms with E-state index in [9.17, 15) is 9.59 Å². The molecule has 0 aliphatic heterocycles. The SMILES string of the molecule is CCN(CC)Cc1ccc(CNC(=O)c2cccc(NC(N)=O)c2)cc1. The molecule has 2 rings (SSSR count). The largest absolute Gasteiger partial charge is 0.351 e. The van der Waals surface area contributed by atoms with Crippen LogP contribution in [0.3, 0.4) is 0 Å². The summed E-state index contributed by atoms with van der Waals surface area (Å²) >= 11 is 0. The van der Waals surface area contributed by atoms with Gasteiger partial charge in [0, 0.05) is 24.3 Å². The lowest BCUT2D eigenvalue weighted by Crippen LogP contribution is -2.24. The molecule has 4 N–H and O–H groups in total. The number of anilines is 1. The van der Waals surface area contributed by atoms with Crippen molar-refractivity contribution in [3.05, 3.63) is 65.2 Å². The van der Waals surface area contributed by atoms with Crippen LogP contribution in [0, 0.1) is 0 Å². The van der Waals surface area contributed by atoms with E-state index in [4.69, 9.17) is 5.73 Å². The maximum absolute atomic E-state index is 12.3. The molecule has 0 saturated carbocycles. The van der Waals surface area contributed by atoms with Crippen LogP contribution in [0.25, 0.3) is 0 Å². The summed E-state index contributed by atoms with van der Waals surface area (Å²) in [5, 5.41) is 5.35. The number of carbonyl (C=O) groups is 2. The molecule has 0 unspecified atom stereocenters. The van der Waals surface area contributed by atoms with Crippen LogP contribution < -0.4 is 16.4 Å². The molecule has 0 bridgehead atoms. The fraction of sp³-hybridized carbons (Fsp3) is 0.300. The van der Waals surface area contributed by atoms with Crippen molar-refractivity contribution in [2.24, 2.45) is 5.73 Å². The Morgan fingerprint density at radius 3 is 2.27 bits per heavy atom. The maximum atomic E-state index is 12.3. The number of rotatable bonds is 8. The minimum Gasteiger partial charge on any atom is -0.351 e. The second-order valence-electron chi connectivity index (χ2n) is 6.03. The van der Waals surface area contributed by atoms with Gasteiger partial charge in [0.05, 0.1) is 0 Å². The Morgan fingerprint density at radius 1 is 1.00 bits per heavy atom. The molecule has 0 fully saturated rings. The Balaban J connectivity index is 1.92. The number of benzene rings is 2. The third-order valence-electron chi connectivity index (χ3n) is 4.17. The normalized spacial score (nSPS) is 10.6. The minimum absolute atomic E-state index is 0.203. The fourth-order valence-electron chi connectivity index (χ4n) is 2.63. The standard InChI is InChI=1S/C20H26N4O2/c1-3-24(4-2)14-16-10-8-15(9-11-16)13-22-19(25)17-6-5-7-18(12-17)23-20(21)26/h5-12H,3-4,13-14H2,1-2H3,(H,22,25)(H3,21,23,26). The van der Waals surface area contributed by atoms with Crippen molar-refractivity contribution in [3.63, 3.8) is 0 Å². The highest BCUT2D eigenvalue weighted by Crippen LogP contribution is 2.11. The van der Waals surface area contributed by atoms with E-state index in [2.05, 4.69) is 41.5 Å². The van der Waals surface area contributed by atoms with E-state index in [1.165, 1.54) is 5.56 Å². The smallest absolute Gasteiger partial charge is 0.316 e. The van der Waals surface area contributed by atoms with Crippen molar-refractivity contribution in [1.29, 1.82) is 0 Å². The highest BCUT2D eigenvalue weighted by atomic mass is 16.2. The first-order valence-corrected chi connectivity index (χ1v) is 8.76. The number of urea groups is 1. The number of nitrogens with zero attached hydrogens (tertiary/aromatic N) is 1. The van der Waals surface area contributed by atoms with Crippen LogP contribution in [-0.4, -0.2) is 29.9 Å². The van der Waals surface area contributed by atoms with Gasteiger partial charge >= 0.3 is 6.03 Å². The third-order valence-corrected chi connectivity index (χ3v) is 4.17. The molecule has 0 aromatic heterocycles. The van der Waals surface area contributed by atoms with Crippen molar-refractivity contribution >= 4 is 17.6 Å². The average molecular weight is 354 g/mol. The molecule has 0 radical (unpaired) electrons. The van der Waals surface area contributed by atoms with Crippen molar-refractivity contribution in [1.82, 2.24) is 10.2 Å². The topological polar surface area (TPSA) is 87.5 Å². The van der Waals surface area contributed by atoms with Crippen molar-refractivity contribution in [2.45, 2.75) is 26.9 Å². The molecule has 0 atom stereocenters. The second-order valence-corrected chi connectivity index (χ2v) is 6.03. The molecule has 0 aliphatic carbocycles. The highest BCUT2D eigenvalue weighted by Gasteiger charge is 2.07. The number of nitrogens with two attached hydrogens (primary N) is 1. The van der Waals surface area contributed by atoms with Crippen molar-refractivity contribution < 1.29 is 9.59 Å². The van der Waals surface area contributed by atoms with Crippen molar-refractivity contribution in [2.75, 3.05) is 18.4 Å². The molecule has 6 nitrogen and oxygen atoms in total. The third kappa shape index (κ3) is 5.89. The van der Waals surface area contributed by atoms with Gasteiger partial charge in [0.1, 0.15) is 0 Å². The first kappa shape index (κ1) is 19.5. The molecular formula is C20H26N4O2. The second kappa shape index (κ2) is 9.58. The molecule has 0 aliphatic rings. The Labute approximate surface area is 154 Å². The maximum Gasteiger partial charge on any atom is 0.316 e. The zero-order chi connectivity index (χ0) is 18.9. The van der Waals surface area contributed by atoms with Crippen LogP contribution >= 0.6 is 0 Å². The molecular weight excluding hydrogens is 328 g/mol. The number of hydrogen-bond acceptors (Lipinski definition) is 3. The number of nitrogens with one attached hydrogen (secondary N) is 2. The summed E-state index contributed by atoms with van der Waals surface area (Å²) in [6.45, 7) is 7.73. The van der Waals surface area contributed by atoms with Gasteiger partial charge in [-0.25, -0.2) is 4.79 Å². The summed E-state index contributed by atoms with van der Waals surface area (Å²) in [7, 11) is 0. The van der Waals surface area contributed by atoms with Crippen LogP contribution in [0.4, 0.5) is 10.5 Å². The molecule has 0 heterocycles. The molecule has 3 amide bonds.